The van der Waals surface area contributed by atoms with Crippen molar-refractivity contribution in [3.8, 4) is 0 Å². The number of hydrogen-bond acceptors (Lipinski definition) is 3. The molecule has 0 spiro atoms. The fourth-order valence-corrected chi connectivity index (χ4v) is 3.92. The highest BCUT2D eigenvalue weighted by Gasteiger charge is 2.22. The fraction of sp³-hybridized carbons (Fsp3) is 0.500. The Kier molecular flexibility index (Phi) is 5.50. The molecule has 0 radical (unpaired) electrons. The van der Waals surface area contributed by atoms with E-state index in [0.29, 0.717) is 17.9 Å². The molecule has 2 rings (SSSR count). The van der Waals surface area contributed by atoms with Gasteiger partial charge >= 0.3 is 0 Å². The molecule has 5 nitrogen and oxygen atoms in total. The third-order valence-electron chi connectivity index (χ3n) is 4.22. The average Bonchev–Trinajstić information content (AvgIpc) is 2.98. The SMILES string of the molecule is Cc1cc(C(C)(C)C)cc(S(=O)(=O)NCCCn2ccnc2)c1C. The fourth-order valence-electron chi connectivity index (χ4n) is 2.50. The maximum absolute atomic E-state index is 12.7. The van der Waals surface area contributed by atoms with Gasteiger partial charge < -0.3 is 4.57 Å². The van der Waals surface area contributed by atoms with Crippen LogP contribution in [0, 0.1) is 13.8 Å². The van der Waals surface area contributed by atoms with Gasteiger partial charge in [-0.05, 0) is 48.4 Å². The van der Waals surface area contributed by atoms with Crippen LogP contribution in [0.3, 0.4) is 0 Å². The van der Waals surface area contributed by atoms with E-state index in [2.05, 4.69) is 36.5 Å². The number of rotatable bonds is 6. The molecule has 24 heavy (non-hydrogen) atoms. The normalized spacial score (nSPS) is 12.5. The van der Waals surface area contributed by atoms with Crippen LogP contribution in [-0.2, 0) is 22.0 Å². The van der Waals surface area contributed by atoms with Crippen molar-refractivity contribution in [1.29, 1.82) is 0 Å². The second kappa shape index (κ2) is 7.07. The monoisotopic (exact) mass is 349 g/mol. The van der Waals surface area contributed by atoms with Crippen LogP contribution in [0.2, 0.25) is 0 Å². The van der Waals surface area contributed by atoms with Gasteiger partial charge in [0.1, 0.15) is 0 Å². The summed E-state index contributed by atoms with van der Waals surface area (Å²) in [7, 11) is -3.51. The lowest BCUT2D eigenvalue weighted by molar-refractivity contribution is 0.566. The molecule has 0 fully saturated rings. The Labute approximate surface area is 145 Å². The minimum atomic E-state index is -3.51. The van der Waals surface area contributed by atoms with E-state index in [4.69, 9.17) is 0 Å². The van der Waals surface area contributed by atoms with Crippen molar-refractivity contribution in [2.75, 3.05) is 6.54 Å². The summed E-state index contributed by atoms with van der Waals surface area (Å²) in [6.07, 6.45) is 6.03. The maximum atomic E-state index is 12.7. The summed E-state index contributed by atoms with van der Waals surface area (Å²) in [5, 5.41) is 0. The van der Waals surface area contributed by atoms with Gasteiger partial charge in [0.15, 0.2) is 0 Å². The summed E-state index contributed by atoms with van der Waals surface area (Å²) >= 11 is 0. The molecule has 1 aromatic carbocycles. The van der Waals surface area contributed by atoms with Gasteiger partial charge in [-0.2, -0.15) is 0 Å². The number of aryl methyl sites for hydroxylation is 2. The Hall–Kier alpha value is -1.66. The summed E-state index contributed by atoms with van der Waals surface area (Å²) < 4.78 is 30.1. The molecule has 0 amide bonds. The zero-order valence-corrected chi connectivity index (χ0v) is 15.9. The van der Waals surface area contributed by atoms with Crippen LogP contribution in [0.25, 0.3) is 0 Å². The van der Waals surface area contributed by atoms with E-state index in [-0.39, 0.29) is 5.41 Å². The van der Waals surface area contributed by atoms with Crippen LogP contribution < -0.4 is 4.72 Å². The largest absolute Gasteiger partial charge is 0.337 e. The van der Waals surface area contributed by atoms with Gasteiger partial charge in [0.2, 0.25) is 10.0 Å². The molecule has 6 heteroatoms. The molecule has 0 unspecified atom stereocenters. The molecule has 1 N–H and O–H groups in total. The first-order valence-corrected chi connectivity index (χ1v) is 9.67. The Bertz CT molecular complexity index is 788. The number of imidazole rings is 1. The van der Waals surface area contributed by atoms with E-state index >= 15 is 0 Å². The average molecular weight is 350 g/mol. The van der Waals surface area contributed by atoms with Crippen LogP contribution in [0.15, 0.2) is 35.7 Å². The molecule has 0 saturated heterocycles. The highest BCUT2D eigenvalue weighted by atomic mass is 32.2. The number of hydrogen-bond donors (Lipinski definition) is 1. The lowest BCUT2D eigenvalue weighted by Crippen LogP contribution is -2.27. The molecule has 132 valence electrons. The number of aromatic nitrogens is 2. The van der Waals surface area contributed by atoms with Crippen molar-refractivity contribution in [2.24, 2.45) is 0 Å². The quantitative estimate of drug-likeness (QED) is 0.815. The van der Waals surface area contributed by atoms with Crippen LogP contribution in [-0.4, -0.2) is 24.5 Å². The highest BCUT2D eigenvalue weighted by molar-refractivity contribution is 7.89. The number of benzene rings is 1. The van der Waals surface area contributed by atoms with E-state index < -0.39 is 10.0 Å². The topological polar surface area (TPSA) is 64.0 Å². The lowest BCUT2D eigenvalue weighted by Gasteiger charge is -2.22. The second-order valence-corrected chi connectivity index (χ2v) is 8.95. The van der Waals surface area contributed by atoms with E-state index in [9.17, 15) is 8.42 Å². The smallest absolute Gasteiger partial charge is 0.240 e. The van der Waals surface area contributed by atoms with E-state index in [1.807, 2.05) is 24.6 Å². The van der Waals surface area contributed by atoms with Crippen molar-refractivity contribution in [2.45, 2.75) is 57.9 Å². The lowest BCUT2D eigenvalue weighted by atomic mass is 9.85. The van der Waals surface area contributed by atoms with Crippen LogP contribution in [0.4, 0.5) is 0 Å². The molecule has 0 bridgehead atoms. The van der Waals surface area contributed by atoms with Crippen molar-refractivity contribution >= 4 is 10.0 Å². The summed E-state index contributed by atoms with van der Waals surface area (Å²) in [5.41, 5.74) is 2.75. The molecule has 0 aliphatic rings. The van der Waals surface area contributed by atoms with Crippen molar-refractivity contribution < 1.29 is 8.42 Å². The molecule has 1 heterocycles. The van der Waals surface area contributed by atoms with Gasteiger partial charge in [-0.25, -0.2) is 18.1 Å². The number of nitrogens with zero attached hydrogens (tertiary/aromatic N) is 2. The molecular weight excluding hydrogens is 322 g/mol. The van der Waals surface area contributed by atoms with Crippen molar-refractivity contribution in [3.63, 3.8) is 0 Å². The predicted octanol–water partition coefficient (Wildman–Crippen LogP) is 3.17. The summed E-state index contributed by atoms with van der Waals surface area (Å²) in [6, 6.07) is 3.88. The molecule has 0 aliphatic heterocycles. The molecular formula is C18H27N3O2S. The van der Waals surface area contributed by atoms with Gasteiger partial charge in [0.05, 0.1) is 11.2 Å². The van der Waals surface area contributed by atoms with E-state index in [1.165, 1.54) is 0 Å². The first-order valence-electron chi connectivity index (χ1n) is 8.18. The maximum Gasteiger partial charge on any atom is 0.240 e. The van der Waals surface area contributed by atoms with Gasteiger partial charge in [-0.3, -0.25) is 0 Å². The molecule has 0 atom stereocenters. The third-order valence-corrected chi connectivity index (χ3v) is 5.81. The van der Waals surface area contributed by atoms with Crippen molar-refractivity contribution in [3.05, 3.63) is 47.5 Å². The Balaban J connectivity index is 2.14. The Morgan fingerprint density at radius 2 is 1.92 bits per heavy atom. The Morgan fingerprint density at radius 1 is 1.21 bits per heavy atom. The standard InChI is InChI=1S/C18H27N3O2S/c1-14-11-16(18(3,4)5)12-17(15(14)2)24(22,23)20-7-6-9-21-10-8-19-13-21/h8,10-13,20H,6-7,9H2,1-5H3. The molecule has 1 aromatic heterocycles. The van der Waals surface area contributed by atoms with Gasteiger partial charge in [-0.1, -0.05) is 26.8 Å². The van der Waals surface area contributed by atoms with Crippen LogP contribution in [0.5, 0.6) is 0 Å². The summed E-state index contributed by atoms with van der Waals surface area (Å²) in [4.78, 5) is 4.36. The van der Waals surface area contributed by atoms with Crippen LogP contribution >= 0.6 is 0 Å². The number of nitrogens with one attached hydrogen (secondary N) is 1. The zero-order chi connectivity index (χ0) is 18.0. The van der Waals surface area contributed by atoms with E-state index in [1.54, 1.807) is 18.6 Å². The minimum Gasteiger partial charge on any atom is -0.337 e. The molecule has 0 saturated carbocycles. The predicted molar refractivity (Wildman–Crippen MR) is 96.6 cm³/mol. The zero-order valence-electron chi connectivity index (χ0n) is 15.1. The minimum absolute atomic E-state index is 0.0931. The molecule has 0 aliphatic carbocycles. The van der Waals surface area contributed by atoms with Gasteiger partial charge in [0, 0.05) is 25.5 Å². The molecule has 2 aromatic rings. The van der Waals surface area contributed by atoms with Crippen molar-refractivity contribution in [1.82, 2.24) is 14.3 Å². The van der Waals surface area contributed by atoms with Gasteiger partial charge in [-0.15, -0.1) is 0 Å². The summed E-state index contributed by atoms with van der Waals surface area (Å²) in [5.74, 6) is 0. The van der Waals surface area contributed by atoms with E-state index in [0.717, 1.165) is 23.2 Å². The highest BCUT2D eigenvalue weighted by Crippen LogP contribution is 2.28. The number of sulfonamides is 1. The Morgan fingerprint density at radius 3 is 2.50 bits per heavy atom. The van der Waals surface area contributed by atoms with Gasteiger partial charge in [0.25, 0.3) is 0 Å². The first-order chi connectivity index (χ1) is 11.1. The third kappa shape index (κ3) is 4.45. The second-order valence-electron chi connectivity index (χ2n) is 7.22. The first kappa shape index (κ1) is 18.7. The summed E-state index contributed by atoms with van der Waals surface area (Å²) in [6.45, 7) is 11.2. The van der Waals surface area contributed by atoms with Crippen LogP contribution in [0.1, 0.15) is 43.9 Å².